The van der Waals surface area contributed by atoms with Crippen molar-refractivity contribution in [1.29, 1.82) is 0 Å². The van der Waals surface area contributed by atoms with Crippen LogP contribution in [-0.2, 0) is 0 Å². The number of aromatic nitrogens is 1. The molecule has 11 heavy (non-hydrogen) atoms. The fraction of sp³-hybridized carbons (Fsp3) is 0.375. The van der Waals surface area contributed by atoms with Crippen LogP contribution >= 0.6 is 0 Å². The van der Waals surface area contributed by atoms with Crippen LogP contribution in [0.25, 0.3) is 0 Å². The maximum Gasteiger partial charge on any atom is 0.253 e. The third kappa shape index (κ3) is 0.770. The molecule has 1 aliphatic rings. The van der Waals surface area contributed by atoms with Gasteiger partial charge in [-0.1, -0.05) is 6.92 Å². The zero-order chi connectivity index (χ0) is 7.84. The normalized spacial score (nSPS) is 21.5. The van der Waals surface area contributed by atoms with Gasteiger partial charge in [0.25, 0.3) is 5.91 Å². The summed E-state index contributed by atoms with van der Waals surface area (Å²) in [5.74, 6) is 0.0492. The summed E-state index contributed by atoms with van der Waals surface area (Å²) in [7, 11) is 0. The Labute approximate surface area is 64.8 Å². The van der Waals surface area contributed by atoms with E-state index in [1.54, 1.807) is 0 Å². The molecule has 1 aromatic heterocycles. The monoisotopic (exact) mass is 150 g/mol. The third-order valence-electron chi connectivity index (χ3n) is 2.09. The molecule has 1 aromatic rings. The third-order valence-corrected chi connectivity index (χ3v) is 2.09. The van der Waals surface area contributed by atoms with Crippen LogP contribution in [0.2, 0.25) is 0 Å². The Balaban J connectivity index is 2.45. The van der Waals surface area contributed by atoms with Crippen LogP contribution in [0.15, 0.2) is 12.3 Å². The molecular formula is C8H10N2O. The van der Waals surface area contributed by atoms with E-state index < -0.39 is 0 Å². The topological polar surface area (TPSA) is 44.9 Å². The average Bonchev–Trinajstić information content (AvgIpc) is 2.54. The highest BCUT2D eigenvalue weighted by Gasteiger charge is 2.27. The van der Waals surface area contributed by atoms with Gasteiger partial charge in [-0.05, 0) is 12.5 Å². The van der Waals surface area contributed by atoms with Crippen LogP contribution in [0.1, 0.15) is 35.4 Å². The summed E-state index contributed by atoms with van der Waals surface area (Å²) in [5.41, 5.74) is 1.84. The van der Waals surface area contributed by atoms with E-state index in [-0.39, 0.29) is 11.9 Å². The van der Waals surface area contributed by atoms with Gasteiger partial charge in [-0.2, -0.15) is 0 Å². The van der Waals surface area contributed by atoms with E-state index in [1.165, 1.54) is 0 Å². The van der Waals surface area contributed by atoms with Crippen molar-refractivity contribution in [2.75, 3.05) is 0 Å². The molecule has 2 N–H and O–H groups in total. The number of hydrogen-bond donors (Lipinski definition) is 2. The lowest BCUT2D eigenvalue weighted by atomic mass is 10.1. The first kappa shape index (κ1) is 6.46. The van der Waals surface area contributed by atoms with Gasteiger partial charge in [0, 0.05) is 6.20 Å². The standard InChI is InChI=1S/C8H10N2O/c1-2-6-7-5(3-4-9-7)8(11)10-6/h3-4,6,9H,2H2,1H3,(H,10,11). The molecule has 3 heteroatoms. The molecule has 1 unspecified atom stereocenters. The first-order valence-corrected chi connectivity index (χ1v) is 3.81. The zero-order valence-electron chi connectivity index (χ0n) is 6.35. The Bertz CT molecular complexity index is 290. The zero-order valence-corrected chi connectivity index (χ0v) is 6.35. The summed E-state index contributed by atoms with van der Waals surface area (Å²) in [6, 6.07) is 2.02. The summed E-state index contributed by atoms with van der Waals surface area (Å²) >= 11 is 0. The fourth-order valence-corrected chi connectivity index (χ4v) is 1.48. The molecule has 0 aliphatic carbocycles. The van der Waals surface area contributed by atoms with Crippen molar-refractivity contribution in [3.8, 4) is 0 Å². The molecule has 3 nitrogen and oxygen atoms in total. The minimum atomic E-state index is 0.0492. The lowest BCUT2D eigenvalue weighted by Crippen LogP contribution is -2.18. The molecule has 0 aromatic carbocycles. The number of carbonyl (C=O) groups excluding carboxylic acids is 1. The molecule has 0 saturated carbocycles. The Kier molecular flexibility index (Phi) is 1.24. The minimum absolute atomic E-state index is 0.0492. The highest BCUT2D eigenvalue weighted by Crippen LogP contribution is 2.25. The predicted octanol–water partition coefficient (Wildman–Crippen LogP) is 1.21. The number of fused-ring (bicyclic) bond motifs is 1. The SMILES string of the molecule is CCC1NC(=O)c2cc[nH]c21. The Hall–Kier alpha value is -1.25. The molecule has 0 radical (unpaired) electrons. The van der Waals surface area contributed by atoms with Crippen LogP contribution in [0.5, 0.6) is 0 Å². The molecule has 0 spiro atoms. The molecular weight excluding hydrogens is 140 g/mol. The van der Waals surface area contributed by atoms with Crippen molar-refractivity contribution in [2.24, 2.45) is 0 Å². The number of carbonyl (C=O) groups is 1. The number of hydrogen-bond acceptors (Lipinski definition) is 1. The van der Waals surface area contributed by atoms with Crippen LogP contribution in [-0.4, -0.2) is 10.9 Å². The summed E-state index contributed by atoms with van der Waals surface area (Å²) < 4.78 is 0. The Morgan fingerprint density at radius 2 is 2.45 bits per heavy atom. The van der Waals surface area contributed by atoms with E-state index in [2.05, 4.69) is 17.2 Å². The van der Waals surface area contributed by atoms with E-state index in [0.717, 1.165) is 17.7 Å². The van der Waals surface area contributed by atoms with Gasteiger partial charge in [0.15, 0.2) is 0 Å². The van der Waals surface area contributed by atoms with Crippen LogP contribution in [0.4, 0.5) is 0 Å². The molecule has 1 atom stereocenters. The van der Waals surface area contributed by atoms with Gasteiger partial charge in [-0.3, -0.25) is 4.79 Å². The summed E-state index contributed by atoms with van der Waals surface area (Å²) in [6.45, 7) is 2.06. The molecule has 0 saturated heterocycles. The number of rotatable bonds is 1. The second-order valence-corrected chi connectivity index (χ2v) is 2.74. The first-order valence-electron chi connectivity index (χ1n) is 3.81. The van der Waals surface area contributed by atoms with Crippen LogP contribution in [0.3, 0.4) is 0 Å². The van der Waals surface area contributed by atoms with Crippen LogP contribution < -0.4 is 5.32 Å². The van der Waals surface area contributed by atoms with Gasteiger partial charge in [0.1, 0.15) is 0 Å². The summed E-state index contributed by atoms with van der Waals surface area (Å²) in [4.78, 5) is 14.2. The van der Waals surface area contributed by atoms with E-state index in [9.17, 15) is 4.79 Å². The largest absolute Gasteiger partial charge is 0.363 e. The van der Waals surface area contributed by atoms with E-state index in [0.29, 0.717) is 0 Å². The molecule has 0 fully saturated rings. The highest BCUT2D eigenvalue weighted by atomic mass is 16.2. The van der Waals surface area contributed by atoms with Crippen molar-refractivity contribution >= 4 is 5.91 Å². The second kappa shape index (κ2) is 2.12. The molecule has 58 valence electrons. The van der Waals surface area contributed by atoms with Crippen molar-refractivity contribution in [1.82, 2.24) is 10.3 Å². The lowest BCUT2D eigenvalue weighted by Gasteiger charge is -2.05. The van der Waals surface area contributed by atoms with Crippen molar-refractivity contribution < 1.29 is 4.79 Å². The van der Waals surface area contributed by atoms with E-state index in [4.69, 9.17) is 0 Å². The van der Waals surface area contributed by atoms with Gasteiger partial charge in [0.2, 0.25) is 0 Å². The van der Waals surface area contributed by atoms with Crippen LogP contribution in [0, 0.1) is 0 Å². The van der Waals surface area contributed by atoms with Gasteiger partial charge < -0.3 is 10.3 Å². The van der Waals surface area contributed by atoms with Gasteiger partial charge >= 0.3 is 0 Å². The number of H-pyrrole nitrogens is 1. The maximum absolute atomic E-state index is 11.2. The smallest absolute Gasteiger partial charge is 0.253 e. The molecule has 2 rings (SSSR count). The predicted molar refractivity (Wildman–Crippen MR) is 41.3 cm³/mol. The van der Waals surface area contributed by atoms with Gasteiger partial charge in [-0.25, -0.2) is 0 Å². The lowest BCUT2D eigenvalue weighted by molar-refractivity contribution is 0.0955. The summed E-state index contributed by atoms with van der Waals surface area (Å²) in [6.07, 6.45) is 2.76. The second-order valence-electron chi connectivity index (χ2n) is 2.74. The van der Waals surface area contributed by atoms with Gasteiger partial charge in [0.05, 0.1) is 17.3 Å². The molecule has 0 bridgehead atoms. The number of amides is 1. The highest BCUT2D eigenvalue weighted by molar-refractivity contribution is 5.98. The number of nitrogens with one attached hydrogen (secondary N) is 2. The minimum Gasteiger partial charge on any atom is -0.363 e. The van der Waals surface area contributed by atoms with E-state index in [1.807, 2.05) is 12.3 Å². The molecule has 1 aliphatic heterocycles. The molecule has 2 heterocycles. The van der Waals surface area contributed by atoms with Crippen molar-refractivity contribution in [3.63, 3.8) is 0 Å². The maximum atomic E-state index is 11.2. The number of aromatic amines is 1. The fourth-order valence-electron chi connectivity index (χ4n) is 1.48. The quantitative estimate of drug-likeness (QED) is 0.621. The Morgan fingerprint density at radius 3 is 3.18 bits per heavy atom. The van der Waals surface area contributed by atoms with Crippen molar-refractivity contribution in [2.45, 2.75) is 19.4 Å². The van der Waals surface area contributed by atoms with Crippen molar-refractivity contribution in [3.05, 3.63) is 23.5 Å². The van der Waals surface area contributed by atoms with E-state index >= 15 is 0 Å². The van der Waals surface area contributed by atoms with Gasteiger partial charge in [-0.15, -0.1) is 0 Å². The summed E-state index contributed by atoms with van der Waals surface area (Å²) in [5, 5.41) is 2.88. The Morgan fingerprint density at radius 1 is 1.64 bits per heavy atom. The first-order chi connectivity index (χ1) is 5.33. The molecule has 1 amide bonds. The average molecular weight is 150 g/mol.